The summed E-state index contributed by atoms with van der Waals surface area (Å²) in [5.74, 6) is 0. The Labute approximate surface area is 119 Å². The summed E-state index contributed by atoms with van der Waals surface area (Å²) in [5, 5.41) is 1.98. The molecule has 2 aliphatic rings. The Kier molecular flexibility index (Phi) is 3.71. The molecule has 19 heavy (non-hydrogen) atoms. The zero-order chi connectivity index (χ0) is 13.3. The van der Waals surface area contributed by atoms with Gasteiger partial charge in [-0.3, -0.25) is 0 Å². The highest BCUT2D eigenvalue weighted by molar-refractivity contribution is 7.90. The van der Waals surface area contributed by atoms with Crippen molar-refractivity contribution in [2.45, 2.75) is 55.6 Å². The maximum absolute atomic E-state index is 12.0. The predicted octanol–water partition coefficient (Wildman–Crippen LogP) is 3.03. The van der Waals surface area contributed by atoms with Crippen molar-refractivity contribution in [3.05, 3.63) is 22.4 Å². The minimum Gasteiger partial charge on any atom is -0.214 e. The standard InChI is InChI=1S/C14H21NO2S2/c16-19(17,12-6-7-12)15-11-14(8-2-1-3-9-14)13-5-4-10-18-13/h4-5,10,12,15H,1-3,6-9,11H2. The molecule has 1 heterocycles. The Morgan fingerprint density at radius 3 is 2.58 bits per heavy atom. The number of hydrogen-bond donors (Lipinski definition) is 1. The quantitative estimate of drug-likeness (QED) is 0.908. The van der Waals surface area contributed by atoms with Gasteiger partial charge in [0.2, 0.25) is 10.0 Å². The second-order valence-corrected chi connectivity index (χ2v) is 8.88. The normalized spacial score (nSPS) is 23.4. The van der Waals surface area contributed by atoms with Crippen LogP contribution in [-0.2, 0) is 15.4 Å². The molecule has 1 aromatic heterocycles. The predicted molar refractivity (Wildman–Crippen MR) is 79.0 cm³/mol. The molecular weight excluding hydrogens is 278 g/mol. The van der Waals surface area contributed by atoms with Crippen LogP contribution in [0.3, 0.4) is 0 Å². The molecule has 0 saturated heterocycles. The van der Waals surface area contributed by atoms with Gasteiger partial charge < -0.3 is 0 Å². The van der Waals surface area contributed by atoms with E-state index >= 15 is 0 Å². The molecule has 0 spiro atoms. The van der Waals surface area contributed by atoms with Gasteiger partial charge in [-0.25, -0.2) is 13.1 Å². The van der Waals surface area contributed by atoms with Crippen molar-refractivity contribution in [3.63, 3.8) is 0 Å². The molecule has 0 aromatic carbocycles. The molecule has 3 nitrogen and oxygen atoms in total. The zero-order valence-corrected chi connectivity index (χ0v) is 12.7. The first-order chi connectivity index (χ1) is 9.12. The van der Waals surface area contributed by atoms with E-state index in [1.165, 1.54) is 24.1 Å². The summed E-state index contributed by atoms with van der Waals surface area (Å²) in [5.41, 5.74) is 0.0500. The molecule has 2 saturated carbocycles. The Hall–Kier alpha value is -0.390. The molecule has 0 radical (unpaired) electrons. The van der Waals surface area contributed by atoms with Gasteiger partial charge in [-0.05, 0) is 37.1 Å². The first kappa shape index (κ1) is 13.6. The van der Waals surface area contributed by atoms with Gasteiger partial charge in [-0.1, -0.05) is 25.3 Å². The number of thiophene rings is 1. The molecule has 3 rings (SSSR count). The van der Waals surface area contributed by atoms with E-state index in [1.54, 1.807) is 11.3 Å². The summed E-state index contributed by atoms with van der Waals surface area (Å²) in [6.07, 6.45) is 7.60. The molecule has 0 aliphatic heterocycles. The number of rotatable bonds is 5. The van der Waals surface area contributed by atoms with Crippen LogP contribution in [0.5, 0.6) is 0 Å². The Balaban J connectivity index is 1.76. The molecule has 0 unspecified atom stereocenters. The first-order valence-corrected chi connectivity index (χ1v) is 9.58. The van der Waals surface area contributed by atoms with Gasteiger partial charge in [-0.15, -0.1) is 11.3 Å². The highest BCUT2D eigenvalue weighted by Crippen LogP contribution is 2.41. The van der Waals surface area contributed by atoms with Crippen molar-refractivity contribution in [1.29, 1.82) is 0 Å². The Morgan fingerprint density at radius 1 is 1.26 bits per heavy atom. The summed E-state index contributed by atoms with van der Waals surface area (Å²) < 4.78 is 27.0. The van der Waals surface area contributed by atoms with Gasteiger partial charge in [0.15, 0.2) is 0 Å². The molecule has 1 aromatic rings. The highest BCUT2D eigenvalue weighted by Gasteiger charge is 2.40. The molecule has 106 valence electrons. The van der Waals surface area contributed by atoms with Crippen molar-refractivity contribution in [2.75, 3.05) is 6.54 Å². The van der Waals surface area contributed by atoms with Crippen LogP contribution in [0.1, 0.15) is 49.8 Å². The Bertz CT molecular complexity index is 512. The number of nitrogens with one attached hydrogen (secondary N) is 1. The fourth-order valence-electron chi connectivity index (χ4n) is 3.05. The van der Waals surface area contributed by atoms with E-state index in [0.717, 1.165) is 25.7 Å². The van der Waals surface area contributed by atoms with Crippen molar-refractivity contribution < 1.29 is 8.42 Å². The molecular formula is C14H21NO2S2. The monoisotopic (exact) mass is 299 g/mol. The van der Waals surface area contributed by atoms with Gasteiger partial charge in [-0.2, -0.15) is 0 Å². The lowest BCUT2D eigenvalue weighted by Crippen LogP contribution is -2.42. The molecule has 1 N–H and O–H groups in total. The van der Waals surface area contributed by atoms with Gasteiger partial charge in [0.05, 0.1) is 5.25 Å². The van der Waals surface area contributed by atoms with Crippen LogP contribution < -0.4 is 4.72 Å². The average Bonchev–Trinajstić information content (AvgIpc) is 3.14. The molecule has 2 fully saturated rings. The minimum absolute atomic E-state index is 0.0500. The van der Waals surface area contributed by atoms with E-state index in [0.29, 0.717) is 6.54 Å². The minimum atomic E-state index is -3.06. The molecule has 0 atom stereocenters. The summed E-state index contributed by atoms with van der Waals surface area (Å²) in [6, 6.07) is 4.24. The second-order valence-electron chi connectivity index (χ2n) is 5.88. The SMILES string of the molecule is O=S(=O)(NCC1(c2cccs2)CCCCC1)C1CC1. The van der Waals surface area contributed by atoms with Crippen LogP contribution in [0.15, 0.2) is 17.5 Å². The van der Waals surface area contributed by atoms with Crippen LogP contribution in [-0.4, -0.2) is 20.2 Å². The smallest absolute Gasteiger partial charge is 0.214 e. The van der Waals surface area contributed by atoms with E-state index in [-0.39, 0.29) is 10.7 Å². The lowest BCUT2D eigenvalue weighted by atomic mass is 9.73. The van der Waals surface area contributed by atoms with Gasteiger partial charge in [0.1, 0.15) is 0 Å². The third-order valence-corrected chi connectivity index (χ3v) is 7.44. The van der Waals surface area contributed by atoms with Crippen LogP contribution in [0, 0.1) is 0 Å². The fraction of sp³-hybridized carbons (Fsp3) is 0.714. The van der Waals surface area contributed by atoms with Crippen molar-refractivity contribution in [2.24, 2.45) is 0 Å². The van der Waals surface area contributed by atoms with E-state index < -0.39 is 10.0 Å². The van der Waals surface area contributed by atoms with Crippen LogP contribution >= 0.6 is 11.3 Å². The van der Waals surface area contributed by atoms with Crippen LogP contribution in [0.4, 0.5) is 0 Å². The maximum Gasteiger partial charge on any atom is 0.214 e. The van der Waals surface area contributed by atoms with Crippen molar-refractivity contribution in [1.82, 2.24) is 4.72 Å². The lowest BCUT2D eigenvalue weighted by molar-refractivity contribution is 0.298. The lowest BCUT2D eigenvalue weighted by Gasteiger charge is -2.36. The number of hydrogen-bond acceptors (Lipinski definition) is 3. The van der Waals surface area contributed by atoms with Crippen molar-refractivity contribution in [3.8, 4) is 0 Å². The second kappa shape index (κ2) is 5.19. The van der Waals surface area contributed by atoms with E-state index in [4.69, 9.17) is 0 Å². The van der Waals surface area contributed by atoms with E-state index in [9.17, 15) is 8.42 Å². The molecule has 0 bridgehead atoms. The third-order valence-electron chi connectivity index (χ3n) is 4.43. The first-order valence-electron chi connectivity index (χ1n) is 7.15. The summed E-state index contributed by atoms with van der Waals surface area (Å²) in [6.45, 7) is 0.590. The largest absolute Gasteiger partial charge is 0.214 e. The molecule has 0 amide bonds. The van der Waals surface area contributed by atoms with E-state index in [2.05, 4.69) is 22.2 Å². The van der Waals surface area contributed by atoms with Gasteiger partial charge in [0, 0.05) is 16.8 Å². The summed E-state index contributed by atoms with van der Waals surface area (Å²) in [4.78, 5) is 1.35. The fourth-order valence-corrected chi connectivity index (χ4v) is 5.51. The highest BCUT2D eigenvalue weighted by atomic mass is 32.2. The van der Waals surface area contributed by atoms with Gasteiger partial charge >= 0.3 is 0 Å². The maximum atomic E-state index is 12.0. The Morgan fingerprint density at radius 2 is 2.00 bits per heavy atom. The average molecular weight is 299 g/mol. The van der Waals surface area contributed by atoms with Crippen molar-refractivity contribution >= 4 is 21.4 Å². The van der Waals surface area contributed by atoms with E-state index in [1.807, 2.05) is 0 Å². The third kappa shape index (κ3) is 2.88. The van der Waals surface area contributed by atoms with Crippen LogP contribution in [0.2, 0.25) is 0 Å². The zero-order valence-electron chi connectivity index (χ0n) is 11.1. The van der Waals surface area contributed by atoms with Crippen LogP contribution in [0.25, 0.3) is 0 Å². The van der Waals surface area contributed by atoms with Gasteiger partial charge in [0.25, 0.3) is 0 Å². The molecule has 2 aliphatic carbocycles. The summed E-state index contributed by atoms with van der Waals surface area (Å²) in [7, 11) is -3.06. The molecule has 5 heteroatoms. The topological polar surface area (TPSA) is 46.2 Å². The summed E-state index contributed by atoms with van der Waals surface area (Å²) >= 11 is 1.77. The number of sulfonamides is 1.